The monoisotopic (exact) mass is 408 g/mol. The summed E-state index contributed by atoms with van der Waals surface area (Å²) in [4.78, 5) is 25.0. The van der Waals surface area contributed by atoms with Crippen LogP contribution in [0.2, 0.25) is 5.02 Å². The zero-order valence-corrected chi connectivity index (χ0v) is 16.9. The number of amides is 2. The Kier molecular flexibility index (Phi) is 6.52. The number of halogens is 1. The van der Waals surface area contributed by atoms with E-state index in [0.717, 1.165) is 16.9 Å². The predicted octanol–water partition coefficient (Wildman–Crippen LogP) is 5.09. The number of methoxy groups -OCH3 is 1. The van der Waals surface area contributed by atoms with Crippen molar-refractivity contribution in [3.05, 3.63) is 88.4 Å². The minimum absolute atomic E-state index is 0.191. The third-order valence-corrected chi connectivity index (χ3v) is 4.64. The van der Waals surface area contributed by atoms with Crippen LogP contribution < -0.4 is 15.4 Å². The number of rotatable bonds is 6. The molecule has 2 amide bonds. The first kappa shape index (κ1) is 20.4. The van der Waals surface area contributed by atoms with Crippen molar-refractivity contribution in [3.8, 4) is 5.75 Å². The van der Waals surface area contributed by atoms with E-state index < -0.39 is 0 Å². The minimum Gasteiger partial charge on any atom is -0.496 e. The SMILES string of the molecule is COc1cc(CC(=O)Nc2ccccc2NC(=O)c2ccc(Cl)cc2)ccc1C. The Morgan fingerprint density at radius 1 is 0.931 bits per heavy atom. The van der Waals surface area contributed by atoms with Crippen LogP contribution in [0.15, 0.2) is 66.7 Å². The minimum atomic E-state index is -0.286. The van der Waals surface area contributed by atoms with E-state index in [9.17, 15) is 9.59 Å². The van der Waals surface area contributed by atoms with Crippen LogP contribution in [0.3, 0.4) is 0 Å². The lowest BCUT2D eigenvalue weighted by Crippen LogP contribution is -2.18. The fourth-order valence-electron chi connectivity index (χ4n) is 2.85. The molecule has 0 aromatic heterocycles. The topological polar surface area (TPSA) is 67.4 Å². The molecule has 0 unspecified atom stereocenters. The van der Waals surface area contributed by atoms with Crippen LogP contribution in [0.25, 0.3) is 0 Å². The Balaban J connectivity index is 1.70. The Labute approximate surface area is 174 Å². The van der Waals surface area contributed by atoms with E-state index in [0.29, 0.717) is 22.0 Å². The average Bonchev–Trinajstić information content (AvgIpc) is 2.71. The van der Waals surface area contributed by atoms with E-state index in [1.54, 1.807) is 55.6 Å². The molecular formula is C23H21ClN2O3. The highest BCUT2D eigenvalue weighted by Gasteiger charge is 2.12. The molecule has 0 aliphatic rings. The van der Waals surface area contributed by atoms with E-state index in [1.165, 1.54) is 0 Å². The van der Waals surface area contributed by atoms with Crippen molar-refractivity contribution >= 4 is 34.8 Å². The molecule has 0 aliphatic heterocycles. The largest absolute Gasteiger partial charge is 0.496 e. The second-order valence-corrected chi connectivity index (χ2v) is 6.97. The zero-order chi connectivity index (χ0) is 20.8. The molecule has 29 heavy (non-hydrogen) atoms. The van der Waals surface area contributed by atoms with Gasteiger partial charge in [0.2, 0.25) is 5.91 Å². The van der Waals surface area contributed by atoms with Crippen molar-refractivity contribution in [1.82, 2.24) is 0 Å². The first-order valence-corrected chi connectivity index (χ1v) is 9.43. The number of ether oxygens (including phenoxy) is 1. The normalized spacial score (nSPS) is 10.3. The smallest absolute Gasteiger partial charge is 0.255 e. The molecule has 2 N–H and O–H groups in total. The molecule has 0 radical (unpaired) electrons. The highest BCUT2D eigenvalue weighted by atomic mass is 35.5. The van der Waals surface area contributed by atoms with Gasteiger partial charge in [-0.3, -0.25) is 9.59 Å². The second kappa shape index (κ2) is 9.26. The average molecular weight is 409 g/mol. The standard InChI is InChI=1S/C23H21ClN2O3/c1-15-7-8-16(13-21(15)29-2)14-22(27)25-19-5-3-4-6-20(19)26-23(28)17-9-11-18(24)12-10-17/h3-13H,14H2,1-2H3,(H,25,27)(H,26,28). The molecular weight excluding hydrogens is 388 g/mol. The number of para-hydroxylation sites is 2. The van der Waals surface area contributed by atoms with Crippen LogP contribution >= 0.6 is 11.6 Å². The van der Waals surface area contributed by atoms with E-state index in [4.69, 9.17) is 16.3 Å². The molecule has 0 spiro atoms. The number of nitrogens with one attached hydrogen (secondary N) is 2. The van der Waals surface area contributed by atoms with Crippen LogP contribution in [0.4, 0.5) is 11.4 Å². The molecule has 5 nitrogen and oxygen atoms in total. The van der Waals surface area contributed by atoms with Crippen LogP contribution in [0.1, 0.15) is 21.5 Å². The van der Waals surface area contributed by atoms with Crippen molar-refractivity contribution in [2.45, 2.75) is 13.3 Å². The summed E-state index contributed by atoms with van der Waals surface area (Å²) in [6.45, 7) is 1.95. The molecule has 148 valence electrons. The van der Waals surface area contributed by atoms with Crippen molar-refractivity contribution in [2.75, 3.05) is 17.7 Å². The van der Waals surface area contributed by atoms with Crippen LogP contribution in [-0.2, 0) is 11.2 Å². The Hall–Kier alpha value is -3.31. The molecule has 0 bridgehead atoms. The van der Waals surface area contributed by atoms with Crippen molar-refractivity contribution in [2.24, 2.45) is 0 Å². The second-order valence-electron chi connectivity index (χ2n) is 6.54. The summed E-state index contributed by atoms with van der Waals surface area (Å²) < 4.78 is 5.31. The molecule has 0 fully saturated rings. The summed E-state index contributed by atoms with van der Waals surface area (Å²) in [5.41, 5.74) is 3.36. The highest BCUT2D eigenvalue weighted by molar-refractivity contribution is 6.30. The Morgan fingerprint density at radius 3 is 2.24 bits per heavy atom. The van der Waals surface area contributed by atoms with Gasteiger partial charge in [-0.2, -0.15) is 0 Å². The van der Waals surface area contributed by atoms with Gasteiger partial charge in [0, 0.05) is 10.6 Å². The summed E-state index contributed by atoms with van der Waals surface area (Å²) >= 11 is 5.87. The maximum Gasteiger partial charge on any atom is 0.255 e. The van der Waals surface area contributed by atoms with Gasteiger partial charge in [-0.05, 0) is 60.5 Å². The predicted molar refractivity (Wildman–Crippen MR) is 116 cm³/mol. The summed E-state index contributed by atoms with van der Waals surface area (Å²) in [7, 11) is 1.60. The lowest BCUT2D eigenvalue weighted by Gasteiger charge is -2.13. The molecule has 3 rings (SSSR count). The fraction of sp³-hybridized carbons (Fsp3) is 0.130. The van der Waals surface area contributed by atoms with Crippen LogP contribution in [-0.4, -0.2) is 18.9 Å². The van der Waals surface area contributed by atoms with Crippen LogP contribution in [0, 0.1) is 6.92 Å². The van der Waals surface area contributed by atoms with E-state index in [-0.39, 0.29) is 18.2 Å². The molecule has 0 saturated heterocycles. The van der Waals surface area contributed by atoms with Gasteiger partial charge in [0.15, 0.2) is 0 Å². The van der Waals surface area contributed by atoms with Gasteiger partial charge >= 0.3 is 0 Å². The maximum absolute atomic E-state index is 12.5. The number of benzene rings is 3. The zero-order valence-electron chi connectivity index (χ0n) is 16.2. The van der Waals surface area contributed by atoms with Crippen molar-refractivity contribution < 1.29 is 14.3 Å². The third kappa shape index (κ3) is 5.36. The summed E-state index contributed by atoms with van der Waals surface area (Å²) in [5.74, 6) is 0.265. The molecule has 0 saturated carbocycles. The maximum atomic E-state index is 12.5. The summed E-state index contributed by atoms with van der Waals surface area (Å²) in [5, 5.41) is 6.24. The molecule has 0 atom stereocenters. The molecule has 3 aromatic rings. The lowest BCUT2D eigenvalue weighted by atomic mass is 10.1. The van der Waals surface area contributed by atoms with Gasteiger partial charge in [-0.1, -0.05) is 35.9 Å². The Bertz CT molecular complexity index is 1030. The van der Waals surface area contributed by atoms with E-state index >= 15 is 0 Å². The van der Waals surface area contributed by atoms with E-state index in [2.05, 4.69) is 10.6 Å². The number of carbonyl (C=O) groups is 2. The molecule has 6 heteroatoms. The van der Waals surface area contributed by atoms with Gasteiger partial charge in [-0.25, -0.2) is 0 Å². The molecule has 3 aromatic carbocycles. The first-order chi connectivity index (χ1) is 14.0. The number of carbonyl (C=O) groups excluding carboxylic acids is 2. The molecule has 0 aliphatic carbocycles. The van der Waals surface area contributed by atoms with Gasteiger partial charge in [-0.15, -0.1) is 0 Å². The summed E-state index contributed by atoms with van der Waals surface area (Å²) in [6.07, 6.45) is 0.191. The number of hydrogen-bond donors (Lipinski definition) is 2. The third-order valence-electron chi connectivity index (χ3n) is 4.39. The highest BCUT2D eigenvalue weighted by Crippen LogP contribution is 2.23. The van der Waals surface area contributed by atoms with Crippen molar-refractivity contribution in [1.29, 1.82) is 0 Å². The molecule has 0 heterocycles. The quantitative estimate of drug-likeness (QED) is 0.597. The van der Waals surface area contributed by atoms with Crippen LogP contribution in [0.5, 0.6) is 5.75 Å². The fourth-order valence-corrected chi connectivity index (χ4v) is 2.98. The number of anilines is 2. The summed E-state index contributed by atoms with van der Waals surface area (Å²) in [6, 6.07) is 19.3. The van der Waals surface area contributed by atoms with Gasteiger partial charge < -0.3 is 15.4 Å². The first-order valence-electron chi connectivity index (χ1n) is 9.05. The van der Waals surface area contributed by atoms with Gasteiger partial charge in [0.25, 0.3) is 5.91 Å². The Morgan fingerprint density at radius 2 is 1.59 bits per heavy atom. The van der Waals surface area contributed by atoms with Gasteiger partial charge in [0.1, 0.15) is 5.75 Å². The van der Waals surface area contributed by atoms with Gasteiger partial charge in [0.05, 0.1) is 24.9 Å². The number of hydrogen-bond acceptors (Lipinski definition) is 3. The number of aryl methyl sites for hydroxylation is 1. The van der Waals surface area contributed by atoms with Crippen molar-refractivity contribution in [3.63, 3.8) is 0 Å². The lowest BCUT2D eigenvalue weighted by molar-refractivity contribution is -0.115. The van der Waals surface area contributed by atoms with E-state index in [1.807, 2.05) is 25.1 Å².